The Hall–Kier alpha value is -2.95. The zero-order chi connectivity index (χ0) is 17.5. The van der Waals surface area contributed by atoms with E-state index in [1.807, 2.05) is 13.8 Å². The van der Waals surface area contributed by atoms with Crippen molar-refractivity contribution in [2.24, 2.45) is 5.92 Å². The second-order valence-electron chi connectivity index (χ2n) is 5.61. The van der Waals surface area contributed by atoms with Gasteiger partial charge in [-0.15, -0.1) is 0 Å². The molecule has 0 saturated heterocycles. The van der Waals surface area contributed by atoms with Gasteiger partial charge in [0.15, 0.2) is 6.29 Å². The van der Waals surface area contributed by atoms with Gasteiger partial charge in [0.05, 0.1) is 23.3 Å². The van der Waals surface area contributed by atoms with E-state index in [4.69, 9.17) is 9.47 Å². The summed E-state index contributed by atoms with van der Waals surface area (Å²) in [6.45, 7) is 4.23. The minimum Gasteiger partial charge on any atom is -0.462 e. The van der Waals surface area contributed by atoms with E-state index in [2.05, 4.69) is 0 Å². The first-order chi connectivity index (χ1) is 11.5. The predicted octanol–water partition coefficient (Wildman–Crippen LogP) is 3.53. The van der Waals surface area contributed by atoms with Gasteiger partial charge in [-0.1, -0.05) is 26.0 Å². The van der Waals surface area contributed by atoms with Crippen molar-refractivity contribution in [3.05, 3.63) is 65.2 Å². The van der Waals surface area contributed by atoms with Gasteiger partial charge in [-0.25, -0.2) is 9.59 Å². The van der Waals surface area contributed by atoms with Crippen LogP contribution in [0.1, 0.15) is 44.9 Å². The van der Waals surface area contributed by atoms with Crippen LogP contribution in [0.5, 0.6) is 5.75 Å². The molecule has 0 unspecified atom stereocenters. The van der Waals surface area contributed by atoms with Crippen LogP contribution in [0.3, 0.4) is 0 Å². The van der Waals surface area contributed by atoms with E-state index in [0.29, 0.717) is 24.0 Å². The molecule has 124 valence electrons. The average molecular weight is 326 g/mol. The summed E-state index contributed by atoms with van der Waals surface area (Å²) in [7, 11) is 0. The maximum absolute atomic E-state index is 12.1. The summed E-state index contributed by atoms with van der Waals surface area (Å²) in [5, 5.41) is 0. The minimum absolute atomic E-state index is 0.193. The molecule has 0 radical (unpaired) electrons. The van der Waals surface area contributed by atoms with E-state index < -0.39 is 11.9 Å². The van der Waals surface area contributed by atoms with Crippen molar-refractivity contribution in [3.8, 4) is 5.75 Å². The molecule has 5 nitrogen and oxygen atoms in total. The van der Waals surface area contributed by atoms with E-state index in [1.54, 1.807) is 24.3 Å². The van der Waals surface area contributed by atoms with Gasteiger partial charge in [-0.05, 0) is 42.3 Å². The third kappa shape index (κ3) is 4.52. The molecule has 0 aliphatic rings. The molecular formula is C19H18O5. The second-order valence-corrected chi connectivity index (χ2v) is 5.61. The molecule has 0 aromatic heterocycles. The monoisotopic (exact) mass is 326 g/mol. The quantitative estimate of drug-likeness (QED) is 0.461. The van der Waals surface area contributed by atoms with Crippen molar-refractivity contribution >= 4 is 18.2 Å². The van der Waals surface area contributed by atoms with Crippen molar-refractivity contribution in [2.45, 2.75) is 13.8 Å². The number of benzene rings is 2. The molecule has 0 saturated carbocycles. The highest BCUT2D eigenvalue weighted by Gasteiger charge is 2.13. The van der Waals surface area contributed by atoms with Crippen LogP contribution >= 0.6 is 0 Å². The van der Waals surface area contributed by atoms with E-state index in [0.717, 1.165) is 0 Å². The van der Waals surface area contributed by atoms with E-state index in [-0.39, 0.29) is 17.2 Å². The first kappa shape index (κ1) is 17.4. The van der Waals surface area contributed by atoms with Crippen LogP contribution < -0.4 is 4.74 Å². The van der Waals surface area contributed by atoms with Crippen LogP contribution in [0, 0.1) is 5.92 Å². The van der Waals surface area contributed by atoms with Gasteiger partial charge >= 0.3 is 11.9 Å². The molecule has 0 N–H and O–H groups in total. The first-order valence-electron chi connectivity index (χ1n) is 7.55. The van der Waals surface area contributed by atoms with Crippen LogP contribution in [-0.2, 0) is 4.74 Å². The first-order valence-corrected chi connectivity index (χ1v) is 7.55. The number of aldehydes is 1. The number of hydrogen-bond acceptors (Lipinski definition) is 5. The molecule has 2 aromatic rings. The molecule has 0 aliphatic heterocycles. The molecule has 0 bridgehead atoms. The number of ether oxygens (including phenoxy) is 2. The molecule has 0 atom stereocenters. The van der Waals surface area contributed by atoms with E-state index in [1.165, 1.54) is 24.3 Å². The Morgan fingerprint density at radius 2 is 1.54 bits per heavy atom. The Kier molecular flexibility index (Phi) is 5.84. The molecule has 0 fully saturated rings. The SMILES string of the molecule is CC(C)COC(=O)c1ccc(C(=O)Oc2ccccc2C=O)cc1. The summed E-state index contributed by atoms with van der Waals surface area (Å²) in [5.74, 6) is -0.597. The van der Waals surface area contributed by atoms with Gasteiger partial charge < -0.3 is 9.47 Å². The second kappa shape index (κ2) is 8.06. The lowest BCUT2D eigenvalue weighted by Crippen LogP contribution is -2.12. The maximum atomic E-state index is 12.1. The fourth-order valence-electron chi connectivity index (χ4n) is 1.90. The Bertz CT molecular complexity index is 732. The molecule has 0 heterocycles. The highest BCUT2D eigenvalue weighted by atomic mass is 16.5. The van der Waals surface area contributed by atoms with Gasteiger partial charge in [0.1, 0.15) is 5.75 Å². The Balaban J connectivity index is 2.06. The lowest BCUT2D eigenvalue weighted by Gasteiger charge is -2.08. The number of esters is 2. The van der Waals surface area contributed by atoms with Crippen molar-refractivity contribution in [1.29, 1.82) is 0 Å². The lowest BCUT2D eigenvalue weighted by molar-refractivity contribution is 0.0458. The van der Waals surface area contributed by atoms with Crippen molar-refractivity contribution < 1.29 is 23.9 Å². The normalized spacial score (nSPS) is 10.3. The topological polar surface area (TPSA) is 69.7 Å². The minimum atomic E-state index is -0.605. The maximum Gasteiger partial charge on any atom is 0.343 e. The molecule has 0 spiro atoms. The Morgan fingerprint density at radius 1 is 0.958 bits per heavy atom. The van der Waals surface area contributed by atoms with Gasteiger partial charge in [0.25, 0.3) is 0 Å². The van der Waals surface area contributed by atoms with Gasteiger partial charge in [-0.3, -0.25) is 4.79 Å². The highest BCUT2D eigenvalue weighted by molar-refractivity contribution is 5.95. The van der Waals surface area contributed by atoms with E-state index >= 15 is 0 Å². The number of para-hydroxylation sites is 1. The molecule has 0 amide bonds. The molecule has 2 aromatic carbocycles. The predicted molar refractivity (Wildman–Crippen MR) is 88.4 cm³/mol. The Morgan fingerprint density at radius 3 is 2.12 bits per heavy atom. The van der Waals surface area contributed by atoms with Gasteiger partial charge in [-0.2, -0.15) is 0 Å². The molecule has 24 heavy (non-hydrogen) atoms. The third-order valence-electron chi connectivity index (χ3n) is 3.15. The average Bonchev–Trinajstić information content (AvgIpc) is 2.60. The largest absolute Gasteiger partial charge is 0.462 e. The number of carbonyl (C=O) groups is 3. The fourth-order valence-corrected chi connectivity index (χ4v) is 1.90. The number of rotatable bonds is 6. The molecule has 2 rings (SSSR count). The van der Waals surface area contributed by atoms with Gasteiger partial charge in [0.2, 0.25) is 0 Å². The molecular weight excluding hydrogens is 308 g/mol. The summed E-state index contributed by atoms with van der Waals surface area (Å²) < 4.78 is 10.3. The van der Waals surface area contributed by atoms with Crippen molar-refractivity contribution in [2.75, 3.05) is 6.61 Å². The molecule has 0 aliphatic carbocycles. The van der Waals surface area contributed by atoms with Crippen molar-refractivity contribution in [1.82, 2.24) is 0 Å². The molecule has 5 heteroatoms. The van der Waals surface area contributed by atoms with Crippen molar-refractivity contribution in [3.63, 3.8) is 0 Å². The highest BCUT2D eigenvalue weighted by Crippen LogP contribution is 2.18. The van der Waals surface area contributed by atoms with Crippen LogP contribution in [0.2, 0.25) is 0 Å². The van der Waals surface area contributed by atoms with E-state index in [9.17, 15) is 14.4 Å². The third-order valence-corrected chi connectivity index (χ3v) is 3.15. The number of hydrogen-bond donors (Lipinski definition) is 0. The zero-order valence-electron chi connectivity index (χ0n) is 13.5. The number of carbonyl (C=O) groups excluding carboxylic acids is 3. The van der Waals surface area contributed by atoms with Crippen LogP contribution in [0.4, 0.5) is 0 Å². The summed E-state index contributed by atoms with van der Waals surface area (Å²) in [5.41, 5.74) is 0.927. The fraction of sp³-hybridized carbons (Fsp3) is 0.211. The zero-order valence-corrected chi connectivity index (χ0v) is 13.5. The summed E-state index contributed by atoms with van der Waals surface area (Å²) in [6.07, 6.45) is 0.621. The van der Waals surface area contributed by atoms with Crippen LogP contribution in [0.25, 0.3) is 0 Å². The van der Waals surface area contributed by atoms with Crippen LogP contribution in [0.15, 0.2) is 48.5 Å². The standard InChI is InChI=1S/C19H18O5/c1-13(2)12-23-18(21)14-7-9-15(10-8-14)19(22)24-17-6-4-3-5-16(17)11-20/h3-11,13H,12H2,1-2H3. The summed E-state index contributed by atoms with van der Waals surface area (Å²) in [4.78, 5) is 34.9. The lowest BCUT2D eigenvalue weighted by atomic mass is 10.1. The summed E-state index contributed by atoms with van der Waals surface area (Å²) >= 11 is 0. The summed E-state index contributed by atoms with van der Waals surface area (Å²) in [6, 6.07) is 12.4. The smallest absolute Gasteiger partial charge is 0.343 e. The van der Waals surface area contributed by atoms with Gasteiger partial charge in [0, 0.05) is 0 Å². The Labute approximate surface area is 140 Å². The van der Waals surface area contributed by atoms with Crippen LogP contribution in [-0.4, -0.2) is 24.8 Å².